The van der Waals surface area contributed by atoms with E-state index < -0.39 is 0 Å². The Morgan fingerprint density at radius 2 is 1.79 bits per heavy atom. The van der Waals surface area contributed by atoms with Crippen molar-refractivity contribution in [3.8, 4) is 0 Å². The first-order valence-corrected chi connectivity index (χ1v) is 8.97. The van der Waals surface area contributed by atoms with Crippen molar-refractivity contribution in [1.29, 1.82) is 0 Å². The minimum atomic E-state index is -0.0529. The molecule has 1 saturated carbocycles. The van der Waals surface area contributed by atoms with Crippen LogP contribution in [0, 0.1) is 5.92 Å². The monoisotopic (exact) mass is 330 g/mol. The van der Waals surface area contributed by atoms with Crippen LogP contribution in [0.1, 0.15) is 54.4 Å². The molecule has 0 unspecified atom stereocenters. The number of carbonyl (C=O) groups is 2. The van der Waals surface area contributed by atoms with Gasteiger partial charge in [-0.15, -0.1) is 0 Å². The smallest absolute Gasteiger partial charge is 0.254 e. The number of benzene rings is 1. The second-order valence-corrected chi connectivity index (χ2v) is 6.87. The van der Waals surface area contributed by atoms with E-state index in [1.807, 2.05) is 24.3 Å². The predicted molar refractivity (Wildman–Crippen MR) is 91.4 cm³/mol. The zero-order valence-corrected chi connectivity index (χ0v) is 14.0. The molecule has 1 atom stereocenters. The number of carbonyl (C=O) groups excluding carboxylic acids is 2. The Kier molecular flexibility index (Phi) is 5.51. The van der Waals surface area contributed by atoms with E-state index in [1.54, 1.807) is 4.90 Å². The minimum absolute atomic E-state index is 0.0203. The molecule has 0 bridgehead atoms. The van der Waals surface area contributed by atoms with Crippen LogP contribution in [0.15, 0.2) is 24.3 Å². The SMILES string of the molecule is O=C(NCc1ccc(C(=O)N2CCC[C@@H]2CO)cc1)C1CCCC1. The van der Waals surface area contributed by atoms with E-state index in [0.29, 0.717) is 18.7 Å². The van der Waals surface area contributed by atoms with Gasteiger partial charge in [-0.3, -0.25) is 9.59 Å². The number of nitrogens with zero attached hydrogens (tertiary/aromatic N) is 1. The average Bonchev–Trinajstić information content (AvgIpc) is 3.30. The Morgan fingerprint density at radius 3 is 2.46 bits per heavy atom. The van der Waals surface area contributed by atoms with Gasteiger partial charge < -0.3 is 15.3 Å². The molecule has 1 saturated heterocycles. The molecule has 2 amide bonds. The first-order valence-electron chi connectivity index (χ1n) is 8.97. The summed E-state index contributed by atoms with van der Waals surface area (Å²) in [5.74, 6) is 0.306. The lowest BCUT2D eigenvalue weighted by atomic mass is 10.1. The molecule has 1 heterocycles. The Morgan fingerprint density at radius 1 is 1.08 bits per heavy atom. The highest BCUT2D eigenvalue weighted by Gasteiger charge is 2.28. The Hall–Kier alpha value is -1.88. The zero-order valence-electron chi connectivity index (χ0n) is 14.0. The Labute approximate surface area is 143 Å². The first-order chi connectivity index (χ1) is 11.7. The van der Waals surface area contributed by atoms with Gasteiger partial charge >= 0.3 is 0 Å². The third-order valence-corrected chi connectivity index (χ3v) is 5.24. The molecule has 130 valence electrons. The highest BCUT2D eigenvalue weighted by Crippen LogP contribution is 2.24. The Bertz CT molecular complexity index is 579. The van der Waals surface area contributed by atoms with Crippen molar-refractivity contribution in [3.05, 3.63) is 35.4 Å². The van der Waals surface area contributed by atoms with Crippen LogP contribution in [0.4, 0.5) is 0 Å². The summed E-state index contributed by atoms with van der Waals surface area (Å²) in [5, 5.41) is 12.3. The maximum Gasteiger partial charge on any atom is 0.254 e. The van der Waals surface area contributed by atoms with Crippen molar-refractivity contribution in [2.45, 2.75) is 51.1 Å². The summed E-state index contributed by atoms with van der Waals surface area (Å²) in [6.45, 7) is 1.24. The standard InChI is InChI=1S/C19H26N2O3/c22-13-17-6-3-11-21(17)19(24)16-9-7-14(8-10-16)12-20-18(23)15-4-1-2-5-15/h7-10,15,17,22H,1-6,11-13H2,(H,20,23)/t17-/m1/s1. The molecule has 5 heteroatoms. The fourth-order valence-electron chi connectivity index (χ4n) is 3.75. The molecule has 2 N–H and O–H groups in total. The van der Waals surface area contributed by atoms with Crippen molar-refractivity contribution in [2.75, 3.05) is 13.2 Å². The van der Waals surface area contributed by atoms with Crippen molar-refractivity contribution in [2.24, 2.45) is 5.92 Å². The van der Waals surface area contributed by atoms with Crippen LogP contribution >= 0.6 is 0 Å². The average molecular weight is 330 g/mol. The van der Waals surface area contributed by atoms with E-state index in [2.05, 4.69) is 5.32 Å². The highest BCUT2D eigenvalue weighted by atomic mass is 16.3. The second kappa shape index (κ2) is 7.79. The van der Waals surface area contributed by atoms with Gasteiger partial charge in [0, 0.05) is 24.6 Å². The molecule has 3 rings (SSSR count). The molecule has 1 aromatic carbocycles. The maximum atomic E-state index is 12.5. The van der Waals surface area contributed by atoms with Crippen LogP contribution in [0.5, 0.6) is 0 Å². The zero-order chi connectivity index (χ0) is 16.9. The van der Waals surface area contributed by atoms with Gasteiger partial charge in [0.05, 0.1) is 12.6 Å². The van der Waals surface area contributed by atoms with Crippen LogP contribution in [-0.4, -0.2) is 41.0 Å². The maximum absolute atomic E-state index is 12.5. The molecular weight excluding hydrogens is 304 g/mol. The lowest BCUT2D eigenvalue weighted by Gasteiger charge is -2.23. The van der Waals surface area contributed by atoms with E-state index in [1.165, 1.54) is 0 Å². The normalized spacial score (nSPS) is 21.2. The van der Waals surface area contributed by atoms with Crippen molar-refractivity contribution in [3.63, 3.8) is 0 Å². The van der Waals surface area contributed by atoms with Crippen LogP contribution in [0.2, 0.25) is 0 Å². The lowest BCUT2D eigenvalue weighted by molar-refractivity contribution is -0.124. The fraction of sp³-hybridized carbons (Fsp3) is 0.579. The molecule has 2 fully saturated rings. The number of amides is 2. The number of hydrogen-bond donors (Lipinski definition) is 2. The van der Waals surface area contributed by atoms with Gasteiger partial charge in [0.2, 0.25) is 5.91 Å². The molecule has 0 spiro atoms. The topological polar surface area (TPSA) is 69.6 Å². The summed E-state index contributed by atoms with van der Waals surface area (Å²) in [6.07, 6.45) is 6.12. The lowest BCUT2D eigenvalue weighted by Crippen LogP contribution is -2.37. The van der Waals surface area contributed by atoms with E-state index in [0.717, 1.165) is 44.1 Å². The molecule has 24 heavy (non-hydrogen) atoms. The number of aliphatic hydroxyl groups is 1. The van der Waals surface area contributed by atoms with Gasteiger partial charge in [-0.1, -0.05) is 25.0 Å². The number of aliphatic hydroxyl groups excluding tert-OH is 1. The molecule has 0 radical (unpaired) electrons. The van der Waals surface area contributed by atoms with Crippen LogP contribution in [-0.2, 0) is 11.3 Å². The van der Waals surface area contributed by atoms with Gasteiger partial charge in [0.15, 0.2) is 0 Å². The van der Waals surface area contributed by atoms with Crippen molar-refractivity contribution >= 4 is 11.8 Å². The van der Waals surface area contributed by atoms with Crippen LogP contribution < -0.4 is 5.32 Å². The van der Waals surface area contributed by atoms with Gasteiger partial charge in [0.25, 0.3) is 5.91 Å². The molecule has 1 aromatic rings. The van der Waals surface area contributed by atoms with E-state index in [9.17, 15) is 14.7 Å². The molecule has 1 aliphatic carbocycles. The van der Waals surface area contributed by atoms with Gasteiger partial charge in [-0.25, -0.2) is 0 Å². The van der Waals surface area contributed by atoms with E-state index >= 15 is 0 Å². The number of likely N-dealkylation sites (tertiary alicyclic amines) is 1. The summed E-state index contributed by atoms with van der Waals surface area (Å²) in [5.41, 5.74) is 1.64. The summed E-state index contributed by atoms with van der Waals surface area (Å²) in [4.78, 5) is 26.3. The first kappa shape index (κ1) is 17.0. The summed E-state index contributed by atoms with van der Waals surface area (Å²) >= 11 is 0. The largest absolute Gasteiger partial charge is 0.394 e. The second-order valence-electron chi connectivity index (χ2n) is 6.87. The van der Waals surface area contributed by atoms with E-state index in [4.69, 9.17) is 0 Å². The molecule has 1 aliphatic heterocycles. The highest BCUT2D eigenvalue weighted by molar-refractivity contribution is 5.94. The number of nitrogens with one attached hydrogen (secondary N) is 1. The third kappa shape index (κ3) is 3.78. The molecule has 5 nitrogen and oxygen atoms in total. The Balaban J connectivity index is 1.55. The van der Waals surface area contributed by atoms with E-state index in [-0.39, 0.29) is 30.4 Å². The molecular formula is C19H26N2O3. The van der Waals surface area contributed by atoms with Gasteiger partial charge in [-0.2, -0.15) is 0 Å². The number of rotatable bonds is 5. The summed E-state index contributed by atoms with van der Waals surface area (Å²) < 4.78 is 0. The predicted octanol–water partition coefficient (Wildman–Crippen LogP) is 2.09. The van der Waals surface area contributed by atoms with Crippen LogP contribution in [0.25, 0.3) is 0 Å². The summed E-state index contributed by atoms with van der Waals surface area (Å²) in [6, 6.07) is 7.36. The minimum Gasteiger partial charge on any atom is -0.394 e. The van der Waals surface area contributed by atoms with Gasteiger partial charge in [0.1, 0.15) is 0 Å². The van der Waals surface area contributed by atoms with Crippen molar-refractivity contribution in [1.82, 2.24) is 10.2 Å². The molecule has 2 aliphatic rings. The van der Waals surface area contributed by atoms with Gasteiger partial charge in [-0.05, 0) is 43.4 Å². The van der Waals surface area contributed by atoms with Crippen LogP contribution in [0.3, 0.4) is 0 Å². The number of hydrogen-bond acceptors (Lipinski definition) is 3. The third-order valence-electron chi connectivity index (χ3n) is 5.24. The summed E-state index contributed by atoms with van der Waals surface area (Å²) in [7, 11) is 0. The fourth-order valence-corrected chi connectivity index (χ4v) is 3.75. The molecule has 0 aromatic heterocycles. The van der Waals surface area contributed by atoms with Crippen molar-refractivity contribution < 1.29 is 14.7 Å². The quantitative estimate of drug-likeness (QED) is 0.868.